The minimum Gasteiger partial charge on any atom is -0.489 e. The molecule has 1 aliphatic heterocycles. The summed E-state index contributed by atoms with van der Waals surface area (Å²) in [5, 5.41) is 6.78. The van der Waals surface area contributed by atoms with Crippen molar-refractivity contribution in [1.29, 1.82) is 0 Å². The summed E-state index contributed by atoms with van der Waals surface area (Å²) in [7, 11) is 0. The van der Waals surface area contributed by atoms with Gasteiger partial charge in [-0.3, -0.25) is 9.59 Å². The van der Waals surface area contributed by atoms with Crippen LogP contribution in [0.5, 0.6) is 5.75 Å². The molecule has 2 aromatic heterocycles. The highest BCUT2D eigenvalue weighted by atomic mass is 16.5. The van der Waals surface area contributed by atoms with Crippen LogP contribution in [0.3, 0.4) is 0 Å². The van der Waals surface area contributed by atoms with Crippen molar-refractivity contribution in [3.63, 3.8) is 0 Å². The van der Waals surface area contributed by atoms with Crippen LogP contribution in [-0.2, 0) is 11.4 Å². The summed E-state index contributed by atoms with van der Waals surface area (Å²) < 4.78 is 11.0. The second-order valence-corrected chi connectivity index (χ2v) is 8.17. The van der Waals surface area contributed by atoms with Gasteiger partial charge in [-0.1, -0.05) is 11.2 Å². The van der Waals surface area contributed by atoms with Crippen molar-refractivity contribution in [2.24, 2.45) is 11.7 Å². The molecule has 2 amide bonds. The lowest BCUT2D eigenvalue weighted by Gasteiger charge is -2.32. The Hall–Kier alpha value is -3.88. The van der Waals surface area contributed by atoms with Gasteiger partial charge in [-0.25, -0.2) is 4.98 Å². The van der Waals surface area contributed by atoms with E-state index in [1.165, 1.54) is 0 Å². The Labute approximate surface area is 191 Å². The van der Waals surface area contributed by atoms with Crippen molar-refractivity contribution < 1.29 is 18.8 Å². The van der Waals surface area contributed by atoms with Gasteiger partial charge in [-0.15, -0.1) is 0 Å². The van der Waals surface area contributed by atoms with E-state index < -0.39 is 0 Å². The van der Waals surface area contributed by atoms with E-state index in [4.69, 9.17) is 15.0 Å². The number of carbonyl (C=O) groups excluding carboxylic acids is 2. The van der Waals surface area contributed by atoms with Crippen LogP contribution >= 0.6 is 0 Å². The van der Waals surface area contributed by atoms with E-state index in [0.29, 0.717) is 35.9 Å². The smallest absolute Gasteiger partial charge is 0.255 e. The van der Waals surface area contributed by atoms with Crippen LogP contribution in [0.2, 0.25) is 0 Å². The highest BCUT2D eigenvalue weighted by Gasteiger charge is 2.24. The van der Waals surface area contributed by atoms with Gasteiger partial charge < -0.3 is 25.2 Å². The van der Waals surface area contributed by atoms with Gasteiger partial charge in [0, 0.05) is 18.7 Å². The number of piperidine rings is 1. The fraction of sp³-hybridized carbons (Fsp3) is 0.333. The van der Waals surface area contributed by atoms with Crippen molar-refractivity contribution in [1.82, 2.24) is 10.1 Å². The number of carbonyl (C=O) groups is 2. The van der Waals surface area contributed by atoms with E-state index in [1.807, 2.05) is 24.8 Å². The molecule has 33 heavy (non-hydrogen) atoms. The van der Waals surface area contributed by atoms with Gasteiger partial charge in [0.1, 0.15) is 23.9 Å². The maximum absolute atomic E-state index is 12.7. The summed E-state index contributed by atoms with van der Waals surface area (Å²) in [6.07, 6.45) is 3.31. The Bertz CT molecular complexity index is 1120. The van der Waals surface area contributed by atoms with E-state index in [9.17, 15) is 9.59 Å². The topological polar surface area (TPSA) is 124 Å². The second-order valence-electron chi connectivity index (χ2n) is 8.17. The summed E-state index contributed by atoms with van der Waals surface area (Å²) in [4.78, 5) is 30.7. The molecule has 1 atom stereocenters. The number of aromatic nitrogens is 2. The van der Waals surface area contributed by atoms with Crippen LogP contribution in [0.4, 0.5) is 11.5 Å². The summed E-state index contributed by atoms with van der Waals surface area (Å²) in [6.45, 7) is 5.39. The molecule has 4 rings (SSSR count). The minimum atomic E-state index is -0.276. The molecule has 0 aliphatic carbocycles. The number of hydrogen-bond acceptors (Lipinski definition) is 7. The van der Waals surface area contributed by atoms with Crippen molar-refractivity contribution in [3.05, 3.63) is 65.2 Å². The van der Waals surface area contributed by atoms with Crippen molar-refractivity contribution in [2.75, 3.05) is 23.3 Å². The van der Waals surface area contributed by atoms with Gasteiger partial charge in [0.05, 0.1) is 29.1 Å². The van der Waals surface area contributed by atoms with E-state index in [0.717, 1.165) is 36.5 Å². The van der Waals surface area contributed by atoms with Gasteiger partial charge in [-0.05, 0) is 57.0 Å². The lowest BCUT2D eigenvalue weighted by Crippen LogP contribution is -2.41. The van der Waals surface area contributed by atoms with Gasteiger partial charge in [0.15, 0.2) is 0 Å². The molecule has 9 nitrogen and oxygen atoms in total. The average molecular weight is 450 g/mol. The van der Waals surface area contributed by atoms with Crippen molar-refractivity contribution in [3.8, 4) is 5.75 Å². The third-order valence-electron chi connectivity index (χ3n) is 5.81. The maximum Gasteiger partial charge on any atom is 0.255 e. The molecule has 3 N–H and O–H groups in total. The van der Waals surface area contributed by atoms with Gasteiger partial charge in [0.2, 0.25) is 5.91 Å². The van der Waals surface area contributed by atoms with Gasteiger partial charge >= 0.3 is 0 Å². The summed E-state index contributed by atoms with van der Waals surface area (Å²) in [5.74, 6) is 1.35. The van der Waals surface area contributed by atoms with Crippen LogP contribution in [0.15, 0.2) is 47.1 Å². The number of nitrogens with two attached hydrogens (primary N) is 1. The number of aryl methyl sites for hydroxylation is 2. The molecule has 0 radical (unpaired) electrons. The Morgan fingerprint density at radius 2 is 2.12 bits per heavy atom. The largest absolute Gasteiger partial charge is 0.489 e. The lowest BCUT2D eigenvalue weighted by molar-refractivity contribution is -0.122. The van der Waals surface area contributed by atoms with Crippen LogP contribution in [0, 0.1) is 19.8 Å². The molecular formula is C24H27N5O4. The molecule has 3 heterocycles. The minimum absolute atomic E-state index is 0.160. The fourth-order valence-corrected chi connectivity index (χ4v) is 3.86. The number of ether oxygens (including phenoxy) is 1. The number of pyridine rings is 1. The molecule has 1 saturated heterocycles. The van der Waals surface area contributed by atoms with Crippen LogP contribution in [-0.4, -0.2) is 35.0 Å². The number of anilines is 2. The Morgan fingerprint density at radius 1 is 1.27 bits per heavy atom. The zero-order valence-corrected chi connectivity index (χ0v) is 18.7. The number of benzene rings is 1. The highest BCUT2D eigenvalue weighted by Crippen LogP contribution is 2.23. The Kier molecular flexibility index (Phi) is 6.58. The van der Waals surface area contributed by atoms with Gasteiger partial charge in [-0.2, -0.15) is 0 Å². The number of rotatable bonds is 7. The number of nitrogens with zero attached hydrogens (tertiary/aromatic N) is 3. The molecule has 0 bridgehead atoms. The standard InChI is InChI=1S/C24H27N5O4/c1-15-21(16(2)33-28-15)14-32-20-7-3-5-17(11-20)24(31)27-19-8-9-22(26-12-19)29-10-4-6-18(13-29)23(25)30/h3,5,7-9,11-12,18H,4,6,10,13-14H2,1-2H3,(H2,25,30)(H,27,31). The highest BCUT2D eigenvalue weighted by molar-refractivity contribution is 6.04. The zero-order chi connectivity index (χ0) is 23.4. The molecule has 1 fully saturated rings. The second kappa shape index (κ2) is 9.72. The van der Waals surface area contributed by atoms with Crippen LogP contribution in [0.25, 0.3) is 0 Å². The first kappa shape index (κ1) is 22.3. The first-order chi connectivity index (χ1) is 15.9. The maximum atomic E-state index is 12.7. The average Bonchev–Trinajstić information content (AvgIpc) is 3.15. The van der Waals surface area contributed by atoms with Crippen LogP contribution in [0.1, 0.15) is 40.2 Å². The third-order valence-corrected chi connectivity index (χ3v) is 5.81. The normalized spacial score (nSPS) is 15.8. The summed E-state index contributed by atoms with van der Waals surface area (Å²) in [6, 6.07) is 10.6. The quantitative estimate of drug-likeness (QED) is 0.567. The molecule has 1 aromatic carbocycles. The van der Waals surface area contributed by atoms with Crippen LogP contribution < -0.4 is 20.7 Å². The number of primary amides is 1. The van der Waals surface area contributed by atoms with E-state index >= 15 is 0 Å². The number of hydrogen-bond donors (Lipinski definition) is 2. The molecule has 0 saturated carbocycles. The van der Waals surface area contributed by atoms with E-state index in [1.54, 1.807) is 36.5 Å². The van der Waals surface area contributed by atoms with Crippen molar-refractivity contribution in [2.45, 2.75) is 33.3 Å². The molecule has 1 unspecified atom stereocenters. The molecule has 1 aliphatic rings. The summed E-state index contributed by atoms with van der Waals surface area (Å²) >= 11 is 0. The monoisotopic (exact) mass is 449 g/mol. The van der Waals surface area contributed by atoms with Gasteiger partial charge in [0.25, 0.3) is 5.91 Å². The first-order valence-corrected chi connectivity index (χ1v) is 10.9. The fourth-order valence-electron chi connectivity index (χ4n) is 3.86. The summed E-state index contributed by atoms with van der Waals surface area (Å²) in [5.41, 5.74) is 8.19. The van der Waals surface area contributed by atoms with E-state index in [-0.39, 0.29) is 17.7 Å². The molecule has 3 aromatic rings. The molecule has 0 spiro atoms. The SMILES string of the molecule is Cc1noc(C)c1COc1cccc(C(=O)Nc2ccc(N3CCCC(C(N)=O)C3)nc2)c1. The number of nitrogens with one attached hydrogen (secondary N) is 1. The lowest BCUT2D eigenvalue weighted by atomic mass is 9.97. The Morgan fingerprint density at radius 3 is 2.82 bits per heavy atom. The first-order valence-electron chi connectivity index (χ1n) is 10.9. The zero-order valence-electron chi connectivity index (χ0n) is 18.7. The number of amides is 2. The third kappa shape index (κ3) is 5.31. The predicted molar refractivity (Wildman–Crippen MR) is 123 cm³/mol. The Balaban J connectivity index is 1.37. The molecular weight excluding hydrogens is 422 g/mol. The molecule has 9 heteroatoms. The van der Waals surface area contributed by atoms with E-state index in [2.05, 4.69) is 15.5 Å². The predicted octanol–water partition coefficient (Wildman–Crippen LogP) is 3.22. The molecule has 172 valence electrons. The van der Waals surface area contributed by atoms with Crippen molar-refractivity contribution >= 4 is 23.3 Å².